The topological polar surface area (TPSA) is 132 Å². The summed E-state index contributed by atoms with van der Waals surface area (Å²) < 4.78 is 27.4. The van der Waals surface area contributed by atoms with Crippen LogP contribution in [0.4, 0.5) is 5.69 Å². The van der Waals surface area contributed by atoms with Gasteiger partial charge in [-0.25, -0.2) is 8.42 Å². The van der Waals surface area contributed by atoms with E-state index < -0.39 is 37.5 Å². The molecule has 0 fully saturated rings. The fourth-order valence-electron chi connectivity index (χ4n) is 2.28. The van der Waals surface area contributed by atoms with Crippen molar-refractivity contribution in [3.63, 3.8) is 0 Å². The third-order valence-electron chi connectivity index (χ3n) is 3.35. The standard InChI is InChI=1S/C15H15N3O5S/c1-10-6-5-9-12(18(20)21)14(10)24(22,23)17-13(15(16)19)11-7-3-2-4-8-11/h2-9,13,17H,1H3,(H2,16,19). The fraction of sp³-hybridized carbons (Fsp3) is 0.133. The van der Waals surface area contributed by atoms with E-state index in [4.69, 9.17) is 5.73 Å². The van der Waals surface area contributed by atoms with E-state index in [-0.39, 0.29) is 5.56 Å². The van der Waals surface area contributed by atoms with Crippen LogP contribution in [0.5, 0.6) is 0 Å². The number of nitro benzene ring substituents is 1. The molecule has 24 heavy (non-hydrogen) atoms. The van der Waals surface area contributed by atoms with Crippen LogP contribution in [0, 0.1) is 17.0 Å². The third kappa shape index (κ3) is 3.58. The molecule has 2 aromatic rings. The van der Waals surface area contributed by atoms with Gasteiger partial charge in [-0.3, -0.25) is 14.9 Å². The van der Waals surface area contributed by atoms with Crippen LogP contribution in [0.1, 0.15) is 17.2 Å². The molecule has 0 saturated carbocycles. The van der Waals surface area contributed by atoms with Gasteiger partial charge in [0.05, 0.1) is 4.92 Å². The Balaban J connectivity index is 2.52. The lowest BCUT2D eigenvalue weighted by Crippen LogP contribution is -2.37. The van der Waals surface area contributed by atoms with Crippen molar-refractivity contribution in [3.8, 4) is 0 Å². The van der Waals surface area contributed by atoms with Crippen molar-refractivity contribution in [2.24, 2.45) is 5.73 Å². The van der Waals surface area contributed by atoms with E-state index in [1.807, 2.05) is 0 Å². The van der Waals surface area contributed by atoms with Gasteiger partial charge in [-0.1, -0.05) is 42.5 Å². The zero-order valence-corrected chi connectivity index (χ0v) is 13.5. The molecular formula is C15H15N3O5S. The largest absolute Gasteiger partial charge is 0.368 e. The minimum absolute atomic E-state index is 0.188. The first-order chi connectivity index (χ1) is 11.2. The second kappa shape index (κ2) is 6.77. The molecule has 9 heteroatoms. The summed E-state index contributed by atoms with van der Waals surface area (Å²) in [6, 6.07) is 10.6. The van der Waals surface area contributed by atoms with Crippen LogP contribution in [0.2, 0.25) is 0 Å². The predicted octanol–water partition coefficient (Wildman–Crippen LogP) is 1.41. The van der Waals surface area contributed by atoms with E-state index in [0.717, 1.165) is 6.07 Å². The van der Waals surface area contributed by atoms with Crippen molar-refractivity contribution in [1.29, 1.82) is 0 Å². The molecular weight excluding hydrogens is 334 g/mol. The molecule has 0 saturated heterocycles. The lowest BCUT2D eigenvalue weighted by molar-refractivity contribution is -0.387. The summed E-state index contributed by atoms with van der Waals surface area (Å²) in [6.45, 7) is 1.43. The molecule has 2 aromatic carbocycles. The molecule has 0 aliphatic carbocycles. The first-order valence-corrected chi connectivity index (χ1v) is 8.33. The second-order valence-corrected chi connectivity index (χ2v) is 6.70. The van der Waals surface area contributed by atoms with Crippen molar-refractivity contribution in [2.75, 3.05) is 0 Å². The van der Waals surface area contributed by atoms with Crippen molar-refractivity contribution >= 4 is 21.6 Å². The molecule has 1 amide bonds. The number of nitrogens with zero attached hydrogens (tertiary/aromatic N) is 1. The molecule has 0 aromatic heterocycles. The van der Waals surface area contributed by atoms with Crippen molar-refractivity contribution in [3.05, 3.63) is 69.8 Å². The first kappa shape index (κ1) is 17.6. The van der Waals surface area contributed by atoms with Gasteiger partial charge in [-0.15, -0.1) is 0 Å². The lowest BCUT2D eigenvalue weighted by atomic mass is 10.1. The third-order valence-corrected chi connectivity index (χ3v) is 4.96. The minimum atomic E-state index is -4.35. The summed E-state index contributed by atoms with van der Waals surface area (Å²) >= 11 is 0. The highest BCUT2D eigenvalue weighted by Gasteiger charge is 2.32. The van der Waals surface area contributed by atoms with E-state index >= 15 is 0 Å². The van der Waals surface area contributed by atoms with Crippen LogP contribution >= 0.6 is 0 Å². The van der Waals surface area contributed by atoms with Crippen molar-refractivity contribution in [1.82, 2.24) is 4.72 Å². The highest BCUT2D eigenvalue weighted by Crippen LogP contribution is 2.28. The van der Waals surface area contributed by atoms with E-state index in [0.29, 0.717) is 5.56 Å². The fourth-order valence-corrected chi connectivity index (χ4v) is 3.87. The summed E-state index contributed by atoms with van der Waals surface area (Å²) in [7, 11) is -4.35. The summed E-state index contributed by atoms with van der Waals surface area (Å²) in [5.41, 5.74) is 5.25. The van der Waals surface area contributed by atoms with Crippen molar-refractivity contribution < 1.29 is 18.1 Å². The Morgan fingerprint density at radius 3 is 2.33 bits per heavy atom. The monoisotopic (exact) mass is 349 g/mol. The molecule has 1 unspecified atom stereocenters. The number of nitro groups is 1. The number of nitrogens with one attached hydrogen (secondary N) is 1. The molecule has 0 spiro atoms. The molecule has 0 radical (unpaired) electrons. The van der Waals surface area contributed by atoms with E-state index in [2.05, 4.69) is 4.72 Å². The van der Waals surface area contributed by atoms with Crippen LogP contribution in [0.25, 0.3) is 0 Å². The Hall–Kier alpha value is -2.78. The van der Waals surface area contributed by atoms with Gasteiger partial charge >= 0.3 is 0 Å². The number of hydrogen-bond donors (Lipinski definition) is 2. The highest BCUT2D eigenvalue weighted by atomic mass is 32.2. The SMILES string of the molecule is Cc1cccc([N+](=O)[O-])c1S(=O)(=O)NC(C(N)=O)c1ccccc1. The first-order valence-electron chi connectivity index (χ1n) is 6.84. The number of nitrogens with two attached hydrogens (primary N) is 1. The molecule has 126 valence electrons. The zero-order valence-electron chi connectivity index (χ0n) is 12.7. The molecule has 2 rings (SSSR count). The Morgan fingerprint density at radius 2 is 1.79 bits per heavy atom. The van der Waals surface area contributed by atoms with Gasteiger partial charge < -0.3 is 5.73 Å². The maximum atomic E-state index is 12.6. The highest BCUT2D eigenvalue weighted by molar-refractivity contribution is 7.89. The van der Waals surface area contributed by atoms with Crippen LogP contribution in [-0.2, 0) is 14.8 Å². The summed E-state index contributed by atoms with van der Waals surface area (Å²) in [6.07, 6.45) is 0. The zero-order chi connectivity index (χ0) is 17.9. The Labute approximate surface area is 138 Å². The lowest BCUT2D eigenvalue weighted by Gasteiger charge is -2.17. The number of carbonyl (C=O) groups excluding carboxylic acids is 1. The predicted molar refractivity (Wildman–Crippen MR) is 86.5 cm³/mol. The molecule has 3 N–H and O–H groups in total. The number of primary amides is 1. The van der Waals surface area contributed by atoms with E-state index in [1.54, 1.807) is 18.2 Å². The Kier molecular flexibility index (Phi) is 4.96. The van der Waals surface area contributed by atoms with Gasteiger partial charge in [0.1, 0.15) is 6.04 Å². The minimum Gasteiger partial charge on any atom is -0.368 e. The number of carbonyl (C=O) groups is 1. The number of aryl methyl sites for hydroxylation is 1. The number of hydrogen-bond acceptors (Lipinski definition) is 5. The number of amides is 1. The van der Waals surface area contributed by atoms with Gasteiger partial charge in [0.2, 0.25) is 15.9 Å². The molecule has 1 atom stereocenters. The maximum absolute atomic E-state index is 12.6. The van der Waals surface area contributed by atoms with Gasteiger partial charge in [-0.2, -0.15) is 4.72 Å². The van der Waals surface area contributed by atoms with Gasteiger partial charge in [0.25, 0.3) is 5.69 Å². The second-order valence-electron chi connectivity index (χ2n) is 5.05. The Bertz CT molecular complexity index is 881. The van der Waals surface area contributed by atoms with Crippen LogP contribution in [-0.4, -0.2) is 19.2 Å². The average molecular weight is 349 g/mol. The van der Waals surface area contributed by atoms with Crippen molar-refractivity contribution in [2.45, 2.75) is 17.9 Å². The quantitative estimate of drug-likeness (QED) is 0.601. The van der Waals surface area contributed by atoms with Crippen LogP contribution < -0.4 is 10.5 Å². The number of rotatable bonds is 6. The molecule has 0 heterocycles. The molecule has 0 aliphatic rings. The van der Waals surface area contributed by atoms with Crippen LogP contribution in [0.15, 0.2) is 53.4 Å². The van der Waals surface area contributed by atoms with Crippen LogP contribution in [0.3, 0.4) is 0 Å². The number of sulfonamides is 1. The summed E-state index contributed by atoms with van der Waals surface area (Å²) in [5, 5.41) is 11.1. The summed E-state index contributed by atoms with van der Waals surface area (Å²) in [4.78, 5) is 21.5. The molecule has 0 bridgehead atoms. The number of benzene rings is 2. The summed E-state index contributed by atoms with van der Waals surface area (Å²) in [5.74, 6) is -0.916. The van der Waals surface area contributed by atoms with E-state index in [9.17, 15) is 23.3 Å². The molecule has 0 aliphatic heterocycles. The molecule has 8 nitrogen and oxygen atoms in total. The van der Waals surface area contributed by atoms with Gasteiger partial charge in [0.15, 0.2) is 4.90 Å². The van der Waals surface area contributed by atoms with Gasteiger partial charge in [-0.05, 0) is 18.1 Å². The van der Waals surface area contributed by atoms with Gasteiger partial charge in [0, 0.05) is 6.07 Å². The normalized spacial score (nSPS) is 12.5. The average Bonchev–Trinajstić information content (AvgIpc) is 2.52. The Morgan fingerprint density at radius 1 is 1.17 bits per heavy atom. The van der Waals surface area contributed by atoms with E-state index in [1.165, 1.54) is 31.2 Å². The maximum Gasteiger partial charge on any atom is 0.289 e. The smallest absolute Gasteiger partial charge is 0.289 e.